The summed E-state index contributed by atoms with van der Waals surface area (Å²) in [6, 6.07) is 0. The number of hydrogen-bond acceptors (Lipinski definition) is 1. The summed E-state index contributed by atoms with van der Waals surface area (Å²) in [6.45, 7) is 12.7. The molecule has 14 heavy (non-hydrogen) atoms. The average Bonchev–Trinajstić information content (AvgIpc) is 2.11. The van der Waals surface area contributed by atoms with Gasteiger partial charge in [0, 0.05) is 6.61 Å². The van der Waals surface area contributed by atoms with Crippen LogP contribution in [0.1, 0.15) is 40.5 Å². The van der Waals surface area contributed by atoms with Gasteiger partial charge in [-0.05, 0) is 31.1 Å². The summed E-state index contributed by atoms with van der Waals surface area (Å²) in [7, 11) is 0. The van der Waals surface area contributed by atoms with Gasteiger partial charge in [-0.1, -0.05) is 45.1 Å². The number of aliphatic hydroxyl groups excluding tert-OH is 1. The van der Waals surface area contributed by atoms with Crippen molar-refractivity contribution in [3.05, 3.63) is 24.3 Å². The molecular weight excluding hydrogens is 172 g/mol. The van der Waals surface area contributed by atoms with Gasteiger partial charge in [0.1, 0.15) is 0 Å². The highest BCUT2D eigenvalue weighted by Gasteiger charge is 2.14. The fraction of sp³-hybridized carbons (Fsp3) is 0.692. The first-order valence-corrected chi connectivity index (χ1v) is 5.33. The molecule has 1 unspecified atom stereocenters. The smallest absolute Gasteiger partial charge is 0.0456 e. The second-order valence-corrected chi connectivity index (χ2v) is 4.99. The molecule has 0 bridgehead atoms. The van der Waals surface area contributed by atoms with Gasteiger partial charge in [-0.15, -0.1) is 0 Å². The van der Waals surface area contributed by atoms with E-state index in [0.29, 0.717) is 12.5 Å². The molecule has 0 heterocycles. The molecule has 0 rings (SSSR count). The van der Waals surface area contributed by atoms with E-state index in [1.807, 2.05) is 6.92 Å². The number of rotatable bonds is 6. The standard InChI is InChI=1S/C13H24O/c1-11(2)6-8-13(4,5)9-7-12(3)10-14/h6,8,12,14H,1,7,9-10H2,2-5H3/b8-6+. The molecule has 1 N–H and O–H groups in total. The van der Waals surface area contributed by atoms with E-state index in [-0.39, 0.29) is 5.41 Å². The normalized spacial score (nSPS) is 14.6. The predicted octanol–water partition coefficient (Wildman–Crippen LogP) is 3.55. The molecule has 1 heteroatoms. The van der Waals surface area contributed by atoms with Crippen LogP contribution < -0.4 is 0 Å². The summed E-state index contributed by atoms with van der Waals surface area (Å²) in [5, 5.41) is 8.92. The lowest BCUT2D eigenvalue weighted by atomic mass is 9.84. The van der Waals surface area contributed by atoms with Crippen molar-refractivity contribution in [3.8, 4) is 0 Å². The van der Waals surface area contributed by atoms with Crippen LogP contribution in [0.3, 0.4) is 0 Å². The topological polar surface area (TPSA) is 20.2 Å². The first kappa shape index (κ1) is 13.4. The number of hydrogen-bond donors (Lipinski definition) is 1. The van der Waals surface area contributed by atoms with Gasteiger partial charge in [0.15, 0.2) is 0 Å². The molecule has 0 spiro atoms. The van der Waals surface area contributed by atoms with E-state index in [1.165, 1.54) is 0 Å². The Labute approximate surface area is 88.5 Å². The fourth-order valence-electron chi connectivity index (χ4n) is 1.16. The summed E-state index contributed by atoms with van der Waals surface area (Å²) in [4.78, 5) is 0. The van der Waals surface area contributed by atoms with Crippen LogP contribution in [0.5, 0.6) is 0 Å². The van der Waals surface area contributed by atoms with E-state index < -0.39 is 0 Å². The minimum Gasteiger partial charge on any atom is -0.396 e. The van der Waals surface area contributed by atoms with Crippen molar-refractivity contribution in [1.82, 2.24) is 0 Å². The first-order chi connectivity index (χ1) is 6.37. The van der Waals surface area contributed by atoms with E-state index in [4.69, 9.17) is 5.11 Å². The molecule has 0 amide bonds. The molecule has 0 aliphatic heterocycles. The zero-order valence-corrected chi connectivity index (χ0v) is 10.0. The molecule has 1 nitrogen and oxygen atoms in total. The first-order valence-electron chi connectivity index (χ1n) is 5.33. The van der Waals surface area contributed by atoms with Crippen LogP contribution in [0.2, 0.25) is 0 Å². The van der Waals surface area contributed by atoms with Crippen molar-refractivity contribution in [3.63, 3.8) is 0 Å². The third kappa shape index (κ3) is 6.90. The molecular formula is C13H24O. The Bertz CT molecular complexity index is 201. The van der Waals surface area contributed by atoms with Crippen molar-refractivity contribution in [2.45, 2.75) is 40.5 Å². The molecule has 0 aliphatic carbocycles. The van der Waals surface area contributed by atoms with Crippen LogP contribution in [0.25, 0.3) is 0 Å². The molecule has 0 aromatic carbocycles. The number of allylic oxidation sites excluding steroid dienone is 3. The zero-order chi connectivity index (χ0) is 11.2. The van der Waals surface area contributed by atoms with E-state index in [2.05, 4.69) is 39.5 Å². The quantitative estimate of drug-likeness (QED) is 0.644. The van der Waals surface area contributed by atoms with E-state index in [1.54, 1.807) is 0 Å². The van der Waals surface area contributed by atoms with Crippen molar-refractivity contribution in [2.75, 3.05) is 6.61 Å². The van der Waals surface area contributed by atoms with Crippen LogP contribution in [-0.2, 0) is 0 Å². The molecule has 0 saturated carbocycles. The lowest BCUT2D eigenvalue weighted by Gasteiger charge is -2.21. The molecule has 0 aromatic rings. The Hall–Kier alpha value is -0.560. The van der Waals surface area contributed by atoms with E-state index >= 15 is 0 Å². The molecule has 1 atom stereocenters. The monoisotopic (exact) mass is 196 g/mol. The molecule has 0 fully saturated rings. The molecule has 82 valence electrons. The second-order valence-electron chi connectivity index (χ2n) is 4.99. The molecule has 0 aliphatic rings. The third-order valence-electron chi connectivity index (χ3n) is 2.41. The largest absolute Gasteiger partial charge is 0.396 e. The lowest BCUT2D eigenvalue weighted by Crippen LogP contribution is -2.11. The van der Waals surface area contributed by atoms with Crippen LogP contribution in [0.4, 0.5) is 0 Å². The molecule has 0 radical (unpaired) electrons. The van der Waals surface area contributed by atoms with Crippen LogP contribution in [-0.4, -0.2) is 11.7 Å². The molecule has 0 aromatic heterocycles. The van der Waals surface area contributed by atoms with Gasteiger partial charge in [0.25, 0.3) is 0 Å². The van der Waals surface area contributed by atoms with Crippen molar-refractivity contribution < 1.29 is 5.11 Å². The average molecular weight is 196 g/mol. The second kappa shape index (κ2) is 6.02. The van der Waals surface area contributed by atoms with Crippen LogP contribution in [0.15, 0.2) is 24.3 Å². The van der Waals surface area contributed by atoms with Gasteiger partial charge in [0.05, 0.1) is 0 Å². The predicted molar refractivity (Wildman–Crippen MR) is 63.2 cm³/mol. The maximum absolute atomic E-state index is 8.92. The van der Waals surface area contributed by atoms with Crippen LogP contribution >= 0.6 is 0 Å². The van der Waals surface area contributed by atoms with E-state index in [9.17, 15) is 0 Å². The van der Waals surface area contributed by atoms with E-state index in [0.717, 1.165) is 18.4 Å². The maximum Gasteiger partial charge on any atom is 0.0456 e. The van der Waals surface area contributed by atoms with Gasteiger partial charge < -0.3 is 5.11 Å². The minimum absolute atomic E-state index is 0.211. The SMILES string of the molecule is C=C(C)/C=C/C(C)(C)CCC(C)CO. The number of aliphatic hydroxyl groups is 1. The summed E-state index contributed by atoms with van der Waals surface area (Å²) < 4.78 is 0. The highest BCUT2D eigenvalue weighted by atomic mass is 16.3. The summed E-state index contributed by atoms with van der Waals surface area (Å²) >= 11 is 0. The van der Waals surface area contributed by atoms with Crippen molar-refractivity contribution in [1.29, 1.82) is 0 Å². The summed E-state index contributed by atoms with van der Waals surface area (Å²) in [6.07, 6.45) is 6.46. The minimum atomic E-state index is 0.211. The van der Waals surface area contributed by atoms with Gasteiger partial charge in [-0.2, -0.15) is 0 Å². The van der Waals surface area contributed by atoms with Gasteiger partial charge in [-0.25, -0.2) is 0 Å². The van der Waals surface area contributed by atoms with Gasteiger partial charge >= 0.3 is 0 Å². The van der Waals surface area contributed by atoms with Gasteiger partial charge in [0.2, 0.25) is 0 Å². The highest BCUT2D eigenvalue weighted by molar-refractivity contribution is 5.13. The Morgan fingerprint density at radius 2 is 2.07 bits per heavy atom. The third-order valence-corrected chi connectivity index (χ3v) is 2.41. The van der Waals surface area contributed by atoms with Gasteiger partial charge in [-0.3, -0.25) is 0 Å². The Morgan fingerprint density at radius 1 is 1.50 bits per heavy atom. The Balaban J connectivity index is 4.00. The fourth-order valence-corrected chi connectivity index (χ4v) is 1.16. The Kier molecular flexibility index (Phi) is 5.78. The molecule has 0 saturated heterocycles. The zero-order valence-electron chi connectivity index (χ0n) is 10.0. The maximum atomic E-state index is 8.92. The Morgan fingerprint density at radius 3 is 2.50 bits per heavy atom. The highest BCUT2D eigenvalue weighted by Crippen LogP contribution is 2.26. The van der Waals surface area contributed by atoms with Crippen molar-refractivity contribution in [2.24, 2.45) is 11.3 Å². The summed E-state index contributed by atoms with van der Waals surface area (Å²) in [5.41, 5.74) is 1.30. The lowest BCUT2D eigenvalue weighted by molar-refractivity contribution is 0.217. The summed E-state index contributed by atoms with van der Waals surface area (Å²) in [5.74, 6) is 0.410. The van der Waals surface area contributed by atoms with Crippen molar-refractivity contribution >= 4 is 0 Å². The van der Waals surface area contributed by atoms with Crippen LogP contribution in [0, 0.1) is 11.3 Å².